The van der Waals surface area contributed by atoms with Crippen LogP contribution in [0.2, 0.25) is 0 Å². The van der Waals surface area contributed by atoms with Gasteiger partial charge in [-0.2, -0.15) is 0 Å². The van der Waals surface area contributed by atoms with Gasteiger partial charge in [0.2, 0.25) is 0 Å². The first kappa shape index (κ1) is 8.65. The van der Waals surface area contributed by atoms with Crippen LogP contribution in [0.25, 0.3) is 0 Å². The molecule has 0 aromatic heterocycles. The molecule has 3 heteroatoms. The molecule has 1 rings (SSSR count). The summed E-state index contributed by atoms with van der Waals surface area (Å²) in [6, 6.07) is 3.42. The summed E-state index contributed by atoms with van der Waals surface area (Å²) in [5, 5.41) is 0. The van der Waals surface area contributed by atoms with Crippen LogP contribution in [0.4, 0.5) is 8.78 Å². The van der Waals surface area contributed by atoms with Crippen LogP contribution in [0.1, 0.15) is 17.3 Å². The molecule has 0 unspecified atom stereocenters. The van der Waals surface area contributed by atoms with Crippen molar-refractivity contribution in [3.8, 4) is 0 Å². The van der Waals surface area contributed by atoms with Gasteiger partial charge in [-0.15, -0.1) is 0 Å². The summed E-state index contributed by atoms with van der Waals surface area (Å²) in [4.78, 5) is -0.154. The molecule has 60 valence electrons. The van der Waals surface area contributed by atoms with Crippen LogP contribution in [0.15, 0.2) is 18.2 Å². The van der Waals surface area contributed by atoms with Crippen molar-refractivity contribution in [1.29, 1.82) is 0 Å². The molecule has 0 radical (unpaired) electrons. The summed E-state index contributed by atoms with van der Waals surface area (Å²) in [7, 11) is 0. The fourth-order valence-electron chi connectivity index (χ4n) is 0.819. The van der Waals surface area contributed by atoms with Gasteiger partial charge in [0, 0.05) is 10.4 Å². The smallest absolute Gasteiger partial charge is 0.127 e. The Morgan fingerprint density at radius 1 is 1.36 bits per heavy atom. The lowest BCUT2D eigenvalue weighted by atomic mass is 10.1. The lowest BCUT2D eigenvalue weighted by Gasteiger charge is -2.04. The molecule has 0 spiro atoms. The highest BCUT2D eigenvalue weighted by molar-refractivity contribution is 9.09. The van der Waals surface area contributed by atoms with Crippen molar-refractivity contribution in [1.82, 2.24) is 0 Å². The van der Waals surface area contributed by atoms with Gasteiger partial charge in [0.05, 0.1) is 0 Å². The molecule has 11 heavy (non-hydrogen) atoms. The number of rotatable bonds is 1. The first-order valence-corrected chi connectivity index (χ1v) is 4.12. The van der Waals surface area contributed by atoms with Crippen LogP contribution in [0, 0.1) is 11.6 Å². The van der Waals surface area contributed by atoms with Crippen LogP contribution >= 0.6 is 15.9 Å². The Morgan fingerprint density at radius 2 is 2.00 bits per heavy atom. The number of hydrogen-bond acceptors (Lipinski definition) is 0. The van der Waals surface area contributed by atoms with Crippen LogP contribution in [-0.4, -0.2) is 0 Å². The van der Waals surface area contributed by atoms with E-state index in [1.54, 1.807) is 6.92 Å². The zero-order valence-electron chi connectivity index (χ0n) is 5.94. The molecule has 0 saturated carbocycles. The minimum absolute atomic E-state index is 0.154. The van der Waals surface area contributed by atoms with Gasteiger partial charge in [-0.3, -0.25) is 0 Å². The van der Waals surface area contributed by atoms with Crippen LogP contribution in [0.3, 0.4) is 0 Å². The second-order valence-corrected chi connectivity index (χ2v) is 3.66. The summed E-state index contributed by atoms with van der Waals surface area (Å²) in [6.07, 6.45) is 0. The number of halogens is 3. The number of hydrogen-bond donors (Lipinski definition) is 0. The third kappa shape index (κ3) is 1.99. The minimum Gasteiger partial charge on any atom is -0.207 e. The van der Waals surface area contributed by atoms with Gasteiger partial charge in [-0.1, -0.05) is 15.9 Å². The quantitative estimate of drug-likeness (QED) is 0.637. The largest absolute Gasteiger partial charge is 0.207 e. The van der Waals surface area contributed by atoms with Crippen molar-refractivity contribution in [3.63, 3.8) is 0 Å². The molecular formula is C8H7BrF2. The van der Waals surface area contributed by atoms with Gasteiger partial charge < -0.3 is 0 Å². The molecule has 0 aliphatic heterocycles. The van der Waals surface area contributed by atoms with Crippen molar-refractivity contribution in [2.45, 2.75) is 11.8 Å². The molecule has 1 aromatic rings. The SMILES string of the molecule is C[C@@H](Br)c1cc(F)ccc1F. The van der Waals surface area contributed by atoms with Crippen molar-refractivity contribution in [3.05, 3.63) is 35.4 Å². The summed E-state index contributed by atoms with van der Waals surface area (Å²) in [5.41, 5.74) is 0.352. The second-order valence-electron chi connectivity index (χ2n) is 2.28. The average molecular weight is 221 g/mol. The van der Waals surface area contributed by atoms with Gasteiger partial charge in [-0.25, -0.2) is 8.78 Å². The average Bonchev–Trinajstić information content (AvgIpc) is 1.94. The van der Waals surface area contributed by atoms with Crippen molar-refractivity contribution in [2.24, 2.45) is 0 Å². The molecule has 0 N–H and O–H groups in total. The molecule has 0 bridgehead atoms. The number of alkyl halides is 1. The van der Waals surface area contributed by atoms with Crippen LogP contribution in [-0.2, 0) is 0 Å². The van der Waals surface area contributed by atoms with E-state index >= 15 is 0 Å². The standard InChI is InChI=1S/C8H7BrF2/c1-5(9)7-4-6(10)2-3-8(7)11/h2-5H,1H3/t5-/m1/s1. The summed E-state index contributed by atoms with van der Waals surface area (Å²) >= 11 is 3.16. The Kier molecular flexibility index (Phi) is 2.60. The van der Waals surface area contributed by atoms with Gasteiger partial charge in [0.15, 0.2) is 0 Å². The number of benzene rings is 1. The van der Waals surface area contributed by atoms with Crippen LogP contribution < -0.4 is 0 Å². The van der Waals surface area contributed by atoms with E-state index in [-0.39, 0.29) is 10.6 Å². The zero-order valence-corrected chi connectivity index (χ0v) is 7.53. The first-order valence-electron chi connectivity index (χ1n) is 3.20. The van der Waals surface area contributed by atoms with Gasteiger partial charge in [0.25, 0.3) is 0 Å². The maximum absolute atomic E-state index is 12.8. The van der Waals surface area contributed by atoms with E-state index in [0.29, 0.717) is 5.56 Å². The van der Waals surface area contributed by atoms with Gasteiger partial charge in [0.1, 0.15) is 11.6 Å². The Hall–Kier alpha value is -0.440. The molecule has 0 saturated heterocycles. The predicted octanol–water partition coefficient (Wildman–Crippen LogP) is 3.42. The predicted molar refractivity (Wildman–Crippen MR) is 43.7 cm³/mol. The third-order valence-corrected chi connectivity index (χ3v) is 1.88. The zero-order chi connectivity index (χ0) is 8.43. The fourth-order valence-corrected chi connectivity index (χ4v) is 1.17. The first-order chi connectivity index (χ1) is 5.11. The summed E-state index contributed by atoms with van der Waals surface area (Å²) < 4.78 is 25.3. The molecule has 0 heterocycles. The maximum Gasteiger partial charge on any atom is 0.127 e. The summed E-state index contributed by atoms with van der Waals surface area (Å²) in [6.45, 7) is 1.75. The van der Waals surface area contributed by atoms with Gasteiger partial charge in [-0.05, 0) is 25.1 Å². The summed E-state index contributed by atoms with van der Waals surface area (Å²) in [5.74, 6) is -0.788. The Labute approximate surface area is 72.4 Å². The van der Waals surface area contributed by atoms with E-state index in [4.69, 9.17) is 0 Å². The van der Waals surface area contributed by atoms with Crippen LogP contribution in [0.5, 0.6) is 0 Å². The Balaban J connectivity index is 3.13. The molecular weight excluding hydrogens is 214 g/mol. The van der Waals surface area contributed by atoms with E-state index in [2.05, 4.69) is 15.9 Å². The van der Waals surface area contributed by atoms with E-state index in [9.17, 15) is 8.78 Å². The Morgan fingerprint density at radius 3 is 2.45 bits per heavy atom. The molecule has 0 aliphatic carbocycles. The fraction of sp³-hybridized carbons (Fsp3) is 0.250. The monoisotopic (exact) mass is 220 g/mol. The topological polar surface area (TPSA) is 0 Å². The van der Waals surface area contributed by atoms with Crippen molar-refractivity contribution in [2.75, 3.05) is 0 Å². The molecule has 1 aromatic carbocycles. The second kappa shape index (κ2) is 3.30. The Bertz CT molecular complexity index is 258. The molecule has 0 amide bonds. The highest BCUT2D eigenvalue weighted by atomic mass is 79.9. The third-order valence-electron chi connectivity index (χ3n) is 1.39. The van der Waals surface area contributed by atoms with E-state index in [1.807, 2.05) is 0 Å². The molecule has 0 fully saturated rings. The molecule has 1 atom stereocenters. The lowest BCUT2D eigenvalue weighted by molar-refractivity contribution is 0.586. The molecule has 0 aliphatic rings. The minimum atomic E-state index is -0.410. The van der Waals surface area contributed by atoms with E-state index < -0.39 is 5.82 Å². The van der Waals surface area contributed by atoms with Gasteiger partial charge >= 0.3 is 0 Å². The maximum atomic E-state index is 12.8. The van der Waals surface area contributed by atoms with E-state index in [0.717, 1.165) is 12.1 Å². The van der Waals surface area contributed by atoms with Crippen molar-refractivity contribution < 1.29 is 8.78 Å². The normalized spacial score (nSPS) is 13.1. The molecule has 0 nitrogen and oxygen atoms in total. The lowest BCUT2D eigenvalue weighted by Crippen LogP contribution is -1.90. The van der Waals surface area contributed by atoms with Crippen molar-refractivity contribution >= 4 is 15.9 Å². The van der Waals surface area contributed by atoms with E-state index in [1.165, 1.54) is 6.07 Å². The highest BCUT2D eigenvalue weighted by Gasteiger charge is 2.07. The highest BCUT2D eigenvalue weighted by Crippen LogP contribution is 2.24.